The van der Waals surface area contributed by atoms with E-state index in [-0.39, 0.29) is 11.8 Å². The molecule has 2 N–H and O–H groups in total. The van der Waals surface area contributed by atoms with E-state index in [0.29, 0.717) is 12.4 Å². The van der Waals surface area contributed by atoms with Crippen LogP contribution in [0.3, 0.4) is 0 Å². The van der Waals surface area contributed by atoms with Crippen LogP contribution in [-0.2, 0) is 4.74 Å². The summed E-state index contributed by atoms with van der Waals surface area (Å²) in [7, 11) is 0. The van der Waals surface area contributed by atoms with E-state index in [2.05, 4.69) is 9.97 Å². The number of aromatic amines is 2. The summed E-state index contributed by atoms with van der Waals surface area (Å²) >= 11 is 0. The van der Waals surface area contributed by atoms with Gasteiger partial charge in [0.05, 0.1) is 11.6 Å². The maximum absolute atomic E-state index is 11.2. The first-order valence-corrected chi connectivity index (χ1v) is 5.78. The van der Waals surface area contributed by atoms with Crippen molar-refractivity contribution in [1.29, 1.82) is 0 Å². The van der Waals surface area contributed by atoms with Crippen molar-refractivity contribution in [3.05, 3.63) is 28.7 Å². The lowest BCUT2D eigenvalue weighted by atomic mass is 10.2. The number of H-pyrrole nitrogens is 2. The predicted octanol–water partition coefficient (Wildman–Crippen LogP) is 1.41. The van der Waals surface area contributed by atoms with Gasteiger partial charge in [0.15, 0.2) is 0 Å². The van der Waals surface area contributed by atoms with E-state index >= 15 is 0 Å². The maximum atomic E-state index is 11.2. The summed E-state index contributed by atoms with van der Waals surface area (Å²) in [6, 6.07) is 5.55. The fraction of sp³-hybridized carbons (Fsp3) is 0.417. The lowest BCUT2D eigenvalue weighted by Crippen LogP contribution is -2.16. The first kappa shape index (κ1) is 10.4. The molecule has 5 nitrogen and oxygen atoms in total. The second kappa shape index (κ2) is 4.25. The average molecular weight is 234 g/mol. The summed E-state index contributed by atoms with van der Waals surface area (Å²) in [5, 5.41) is 0. The molecular formula is C12H14N2O3. The predicted molar refractivity (Wildman–Crippen MR) is 63.4 cm³/mol. The topological polar surface area (TPSA) is 67.1 Å². The molecule has 1 aromatic heterocycles. The first-order valence-electron chi connectivity index (χ1n) is 5.78. The third-order valence-corrected chi connectivity index (χ3v) is 2.96. The minimum Gasteiger partial charge on any atom is -0.489 e. The Hall–Kier alpha value is -1.75. The zero-order chi connectivity index (χ0) is 11.7. The lowest BCUT2D eigenvalue weighted by Gasteiger charge is -2.11. The van der Waals surface area contributed by atoms with Crippen molar-refractivity contribution in [1.82, 2.24) is 9.97 Å². The molecule has 90 valence electrons. The number of hydrogen-bond acceptors (Lipinski definition) is 3. The van der Waals surface area contributed by atoms with Crippen LogP contribution in [0.25, 0.3) is 11.0 Å². The van der Waals surface area contributed by atoms with Crippen LogP contribution in [0.2, 0.25) is 0 Å². The molecule has 2 aromatic rings. The number of nitrogens with one attached hydrogen (secondary N) is 2. The normalized spacial score (nSPS) is 19.9. The van der Waals surface area contributed by atoms with E-state index in [0.717, 1.165) is 30.5 Å². The third kappa shape index (κ3) is 2.06. The average Bonchev–Trinajstić information content (AvgIpc) is 2.93. The summed E-state index contributed by atoms with van der Waals surface area (Å²) in [6.45, 7) is 1.35. The molecule has 0 spiro atoms. The quantitative estimate of drug-likeness (QED) is 0.843. The van der Waals surface area contributed by atoms with Gasteiger partial charge in [0, 0.05) is 6.61 Å². The van der Waals surface area contributed by atoms with Gasteiger partial charge in [-0.05, 0) is 25.0 Å². The molecule has 0 saturated carbocycles. The number of fused-ring (bicyclic) bond motifs is 1. The number of imidazole rings is 1. The van der Waals surface area contributed by atoms with Crippen LogP contribution < -0.4 is 10.4 Å². The van der Waals surface area contributed by atoms with Crippen molar-refractivity contribution in [2.45, 2.75) is 18.9 Å². The highest BCUT2D eigenvalue weighted by atomic mass is 16.5. The van der Waals surface area contributed by atoms with E-state index in [9.17, 15) is 4.79 Å². The van der Waals surface area contributed by atoms with Crippen molar-refractivity contribution in [2.75, 3.05) is 13.2 Å². The van der Waals surface area contributed by atoms with Crippen molar-refractivity contribution in [3.8, 4) is 5.75 Å². The van der Waals surface area contributed by atoms with E-state index in [4.69, 9.17) is 9.47 Å². The Bertz CT molecular complexity index is 566. The number of ether oxygens (including phenoxy) is 2. The van der Waals surface area contributed by atoms with Gasteiger partial charge in [-0.15, -0.1) is 0 Å². The molecule has 0 aliphatic carbocycles. The molecule has 17 heavy (non-hydrogen) atoms. The monoisotopic (exact) mass is 234 g/mol. The first-order chi connectivity index (χ1) is 8.33. The second-order valence-electron chi connectivity index (χ2n) is 4.20. The zero-order valence-corrected chi connectivity index (χ0v) is 9.36. The fourth-order valence-electron chi connectivity index (χ4n) is 2.11. The molecule has 1 aromatic carbocycles. The highest BCUT2D eigenvalue weighted by Gasteiger charge is 2.16. The molecule has 1 atom stereocenters. The number of rotatable bonds is 3. The van der Waals surface area contributed by atoms with Gasteiger partial charge in [0.2, 0.25) is 0 Å². The van der Waals surface area contributed by atoms with Crippen LogP contribution in [0.1, 0.15) is 12.8 Å². The van der Waals surface area contributed by atoms with Gasteiger partial charge < -0.3 is 19.4 Å². The summed E-state index contributed by atoms with van der Waals surface area (Å²) in [4.78, 5) is 16.6. The van der Waals surface area contributed by atoms with E-state index < -0.39 is 0 Å². The Balaban J connectivity index is 1.81. The summed E-state index contributed by atoms with van der Waals surface area (Å²) in [5.74, 6) is 0.691. The molecular weight excluding hydrogens is 220 g/mol. The molecule has 1 aliphatic heterocycles. The van der Waals surface area contributed by atoms with Crippen LogP contribution in [-0.4, -0.2) is 29.3 Å². The molecule has 1 fully saturated rings. The highest BCUT2D eigenvalue weighted by Crippen LogP contribution is 2.22. The van der Waals surface area contributed by atoms with Gasteiger partial charge in [-0.25, -0.2) is 4.79 Å². The van der Waals surface area contributed by atoms with Crippen LogP contribution in [0.4, 0.5) is 0 Å². The SMILES string of the molecule is O=c1[nH]c2cccc(OC[C@@H]3CCCO3)c2[nH]1. The van der Waals surface area contributed by atoms with Gasteiger partial charge in [0.1, 0.15) is 17.9 Å². The van der Waals surface area contributed by atoms with E-state index in [1.807, 2.05) is 18.2 Å². The molecule has 1 aliphatic rings. The minimum absolute atomic E-state index is 0.177. The second-order valence-corrected chi connectivity index (χ2v) is 4.20. The zero-order valence-electron chi connectivity index (χ0n) is 9.36. The Morgan fingerprint density at radius 2 is 2.35 bits per heavy atom. The van der Waals surface area contributed by atoms with Gasteiger partial charge in [-0.2, -0.15) is 0 Å². The van der Waals surface area contributed by atoms with Gasteiger partial charge >= 0.3 is 5.69 Å². The number of hydrogen-bond donors (Lipinski definition) is 2. The Morgan fingerprint density at radius 3 is 3.18 bits per heavy atom. The fourth-order valence-corrected chi connectivity index (χ4v) is 2.11. The van der Waals surface area contributed by atoms with Gasteiger partial charge in [-0.1, -0.05) is 6.07 Å². The number of para-hydroxylation sites is 1. The van der Waals surface area contributed by atoms with Crippen molar-refractivity contribution in [2.24, 2.45) is 0 Å². The maximum Gasteiger partial charge on any atom is 0.323 e. The lowest BCUT2D eigenvalue weighted by molar-refractivity contribution is 0.0684. The van der Waals surface area contributed by atoms with Crippen LogP contribution in [0.5, 0.6) is 5.75 Å². The Labute approximate surface area is 97.7 Å². The van der Waals surface area contributed by atoms with Crippen LogP contribution in [0, 0.1) is 0 Å². The summed E-state index contributed by atoms with van der Waals surface area (Å²) < 4.78 is 11.2. The molecule has 5 heteroatoms. The van der Waals surface area contributed by atoms with Crippen molar-refractivity contribution in [3.63, 3.8) is 0 Å². The Morgan fingerprint density at radius 1 is 1.41 bits per heavy atom. The summed E-state index contributed by atoms with van der Waals surface area (Å²) in [6.07, 6.45) is 2.31. The Kier molecular flexibility index (Phi) is 2.60. The molecule has 0 amide bonds. The number of benzene rings is 1. The molecule has 0 radical (unpaired) electrons. The van der Waals surface area contributed by atoms with Crippen LogP contribution in [0.15, 0.2) is 23.0 Å². The molecule has 1 saturated heterocycles. The summed E-state index contributed by atoms with van der Waals surface area (Å²) in [5.41, 5.74) is 1.27. The van der Waals surface area contributed by atoms with Crippen molar-refractivity contribution < 1.29 is 9.47 Å². The number of aromatic nitrogens is 2. The van der Waals surface area contributed by atoms with E-state index in [1.165, 1.54) is 0 Å². The minimum atomic E-state index is -0.215. The van der Waals surface area contributed by atoms with Gasteiger partial charge in [0.25, 0.3) is 0 Å². The molecule has 3 rings (SSSR count). The van der Waals surface area contributed by atoms with Crippen LogP contribution >= 0.6 is 0 Å². The van der Waals surface area contributed by atoms with Gasteiger partial charge in [-0.3, -0.25) is 0 Å². The standard InChI is InChI=1S/C12H14N2O3/c15-12-13-9-4-1-5-10(11(9)14-12)17-7-8-3-2-6-16-8/h1,4-5,8H,2-3,6-7H2,(H2,13,14,15)/t8-/m0/s1. The van der Waals surface area contributed by atoms with E-state index in [1.54, 1.807) is 0 Å². The van der Waals surface area contributed by atoms with Crippen molar-refractivity contribution >= 4 is 11.0 Å². The highest BCUT2D eigenvalue weighted by molar-refractivity contribution is 5.80. The molecule has 2 heterocycles. The third-order valence-electron chi connectivity index (χ3n) is 2.96. The molecule has 0 unspecified atom stereocenters. The molecule has 0 bridgehead atoms. The largest absolute Gasteiger partial charge is 0.489 e. The smallest absolute Gasteiger partial charge is 0.323 e.